The van der Waals surface area contributed by atoms with Gasteiger partial charge in [-0.15, -0.1) is 0 Å². The van der Waals surface area contributed by atoms with E-state index in [-0.39, 0.29) is 26.2 Å². The Morgan fingerprint density at radius 2 is 1.41 bits per heavy atom. The van der Waals surface area contributed by atoms with Gasteiger partial charge in [0.2, 0.25) is 0 Å². The molecule has 0 amide bonds. The fraction of sp³-hybridized carbons (Fsp3) is 0.619. The number of ether oxygens (including phenoxy) is 1. The lowest BCUT2D eigenvalue weighted by Crippen LogP contribution is -2.49. The molecule has 2 saturated heterocycles. The zero-order chi connectivity index (χ0) is 25.3. The Morgan fingerprint density at radius 1 is 0.853 bits per heavy atom. The second-order valence-electron chi connectivity index (χ2n) is 8.27. The van der Waals surface area contributed by atoms with Crippen LogP contribution in [-0.4, -0.2) is 67.5 Å². The molecule has 0 N–H and O–H groups in total. The average molecular weight is 505 g/mol. The number of rotatable bonds is 6. The van der Waals surface area contributed by atoms with Gasteiger partial charge in [0.05, 0.1) is 5.56 Å². The lowest BCUT2D eigenvalue weighted by atomic mass is 10.1. The standard InChI is InChI=1S/C21H24F9N3O/c1-14(34-18(20(25,26)27)21(28,29)30)32-10-8-31(9-11-32)13-15-4-5-16(19(22,23)24)12-17(15)33-6-2-3-7-33/h4-5,12,18H,1-3,6-11,13H2. The molecule has 0 unspecified atom stereocenters. The average Bonchev–Trinajstić information content (AvgIpc) is 3.25. The molecule has 0 aliphatic carbocycles. The quantitative estimate of drug-likeness (QED) is 0.381. The number of hydrogen-bond acceptors (Lipinski definition) is 4. The maximum absolute atomic E-state index is 13.2. The first-order chi connectivity index (χ1) is 15.7. The molecule has 3 rings (SSSR count). The van der Waals surface area contributed by atoms with Crippen LogP contribution in [0, 0.1) is 0 Å². The van der Waals surface area contributed by atoms with E-state index < -0.39 is 36.1 Å². The highest BCUT2D eigenvalue weighted by Crippen LogP contribution is 2.38. The largest absolute Gasteiger partial charge is 0.457 e. The molecular weight excluding hydrogens is 481 g/mol. The van der Waals surface area contributed by atoms with Gasteiger partial charge in [-0.1, -0.05) is 6.07 Å². The van der Waals surface area contributed by atoms with E-state index in [1.807, 2.05) is 9.80 Å². The van der Waals surface area contributed by atoms with Crippen LogP contribution >= 0.6 is 0 Å². The molecule has 2 aliphatic heterocycles. The predicted molar refractivity (Wildman–Crippen MR) is 106 cm³/mol. The van der Waals surface area contributed by atoms with Crippen molar-refractivity contribution >= 4 is 5.69 Å². The summed E-state index contributed by atoms with van der Waals surface area (Å²) in [6.07, 6.45) is -18.0. The van der Waals surface area contributed by atoms with Gasteiger partial charge >= 0.3 is 18.5 Å². The summed E-state index contributed by atoms with van der Waals surface area (Å²) in [6, 6.07) is 3.55. The number of benzene rings is 1. The van der Waals surface area contributed by atoms with Crippen LogP contribution in [0.25, 0.3) is 0 Å². The van der Waals surface area contributed by atoms with Gasteiger partial charge in [0.15, 0.2) is 5.88 Å². The molecule has 0 aromatic heterocycles. The third-order valence-electron chi connectivity index (χ3n) is 5.83. The fourth-order valence-electron chi connectivity index (χ4n) is 4.05. The first-order valence-electron chi connectivity index (χ1n) is 10.6. The van der Waals surface area contributed by atoms with E-state index in [4.69, 9.17) is 0 Å². The molecule has 192 valence electrons. The van der Waals surface area contributed by atoms with Crippen LogP contribution in [0.3, 0.4) is 0 Å². The van der Waals surface area contributed by atoms with E-state index in [1.165, 1.54) is 11.0 Å². The number of alkyl halides is 9. The van der Waals surface area contributed by atoms with Gasteiger partial charge in [-0.25, -0.2) is 0 Å². The van der Waals surface area contributed by atoms with Crippen LogP contribution < -0.4 is 4.90 Å². The minimum atomic E-state index is -5.64. The third-order valence-corrected chi connectivity index (χ3v) is 5.83. The van der Waals surface area contributed by atoms with Crippen molar-refractivity contribution in [2.45, 2.75) is 44.0 Å². The fourth-order valence-corrected chi connectivity index (χ4v) is 4.05. The van der Waals surface area contributed by atoms with Crippen molar-refractivity contribution in [2.24, 2.45) is 0 Å². The minimum absolute atomic E-state index is 0.0565. The summed E-state index contributed by atoms with van der Waals surface area (Å²) < 4.78 is 120. The Bertz CT molecular complexity index is 839. The molecule has 0 bridgehead atoms. The van der Waals surface area contributed by atoms with Crippen molar-refractivity contribution in [3.63, 3.8) is 0 Å². The van der Waals surface area contributed by atoms with E-state index in [0.29, 0.717) is 30.9 Å². The van der Waals surface area contributed by atoms with Crippen LogP contribution in [0.1, 0.15) is 24.0 Å². The van der Waals surface area contributed by atoms with E-state index in [2.05, 4.69) is 11.3 Å². The van der Waals surface area contributed by atoms with Gasteiger partial charge in [0.1, 0.15) is 0 Å². The highest BCUT2D eigenvalue weighted by atomic mass is 19.4. The molecule has 2 heterocycles. The Labute approximate surface area is 190 Å². The first kappa shape index (κ1) is 26.3. The molecule has 0 spiro atoms. The highest BCUT2D eigenvalue weighted by molar-refractivity contribution is 5.56. The van der Waals surface area contributed by atoms with Crippen LogP contribution in [0.5, 0.6) is 0 Å². The van der Waals surface area contributed by atoms with Gasteiger partial charge in [0.25, 0.3) is 6.10 Å². The maximum Gasteiger partial charge on any atom is 0.434 e. The number of halogens is 9. The molecule has 4 nitrogen and oxygen atoms in total. The SMILES string of the molecule is C=C(OC(C(F)(F)F)C(F)(F)F)N1CCN(Cc2ccc(C(F)(F)F)cc2N2CCCC2)CC1. The number of piperazine rings is 1. The van der Waals surface area contributed by atoms with Crippen molar-refractivity contribution in [2.75, 3.05) is 44.2 Å². The molecule has 2 fully saturated rings. The first-order valence-corrected chi connectivity index (χ1v) is 10.6. The molecule has 13 heteroatoms. The van der Waals surface area contributed by atoms with Crippen molar-refractivity contribution in [3.8, 4) is 0 Å². The molecular formula is C21H24F9N3O. The van der Waals surface area contributed by atoms with E-state index in [0.717, 1.165) is 25.0 Å². The van der Waals surface area contributed by atoms with Gasteiger partial charge in [-0.05, 0) is 37.1 Å². The summed E-state index contributed by atoms with van der Waals surface area (Å²) in [5, 5.41) is 0. The van der Waals surface area contributed by atoms with Crippen molar-refractivity contribution in [1.82, 2.24) is 9.80 Å². The summed E-state index contributed by atoms with van der Waals surface area (Å²) in [5.74, 6) is -0.730. The minimum Gasteiger partial charge on any atom is -0.457 e. The van der Waals surface area contributed by atoms with Gasteiger partial charge < -0.3 is 14.5 Å². The lowest BCUT2D eigenvalue weighted by Gasteiger charge is -2.38. The summed E-state index contributed by atoms with van der Waals surface area (Å²) >= 11 is 0. The summed E-state index contributed by atoms with van der Waals surface area (Å²) in [5.41, 5.74) is 0.411. The highest BCUT2D eigenvalue weighted by Gasteiger charge is 2.59. The zero-order valence-corrected chi connectivity index (χ0v) is 18.0. The predicted octanol–water partition coefficient (Wildman–Crippen LogP) is 5.40. The van der Waals surface area contributed by atoms with Crippen LogP contribution in [0.4, 0.5) is 45.2 Å². The van der Waals surface area contributed by atoms with Gasteiger partial charge in [-0.2, -0.15) is 39.5 Å². The second-order valence-corrected chi connectivity index (χ2v) is 8.27. The monoisotopic (exact) mass is 505 g/mol. The van der Waals surface area contributed by atoms with Crippen LogP contribution in [0.2, 0.25) is 0 Å². The van der Waals surface area contributed by atoms with Gasteiger partial charge in [-0.3, -0.25) is 4.90 Å². The van der Waals surface area contributed by atoms with E-state index in [1.54, 1.807) is 0 Å². The molecule has 2 aliphatic rings. The lowest BCUT2D eigenvalue weighted by molar-refractivity contribution is -0.317. The Morgan fingerprint density at radius 3 is 1.91 bits per heavy atom. The normalized spacial score (nSPS) is 18.6. The van der Waals surface area contributed by atoms with Crippen LogP contribution in [-0.2, 0) is 17.5 Å². The van der Waals surface area contributed by atoms with E-state index in [9.17, 15) is 39.5 Å². The molecule has 1 aromatic rings. The smallest absolute Gasteiger partial charge is 0.434 e. The Balaban J connectivity index is 1.64. The topological polar surface area (TPSA) is 19.0 Å². The van der Waals surface area contributed by atoms with Crippen molar-refractivity contribution in [1.29, 1.82) is 0 Å². The summed E-state index contributed by atoms with van der Waals surface area (Å²) in [7, 11) is 0. The summed E-state index contributed by atoms with van der Waals surface area (Å²) in [6.45, 7) is 5.42. The molecule has 0 saturated carbocycles. The zero-order valence-electron chi connectivity index (χ0n) is 18.0. The molecule has 1 aromatic carbocycles. The Hall–Kier alpha value is -2.31. The molecule has 34 heavy (non-hydrogen) atoms. The van der Waals surface area contributed by atoms with Gasteiger partial charge in [0, 0.05) is 51.5 Å². The summed E-state index contributed by atoms with van der Waals surface area (Å²) in [4.78, 5) is 4.96. The van der Waals surface area contributed by atoms with E-state index >= 15 is 0 Å². The number of nitrogens with zero attached hydrogens (tertiary/aromatic N) is 3. The Kier molecular flexibility index (Phi) is 7.54. The number of hydrogen-bond donors (Lipinski definition) is 0. The molecule has 0 radical (unpaired) electrons. The number of anilines is 1. The van der Waals surface area contributed by atoms with Crippen molar-refractivity contribution < 1.29 is 44.3 Å². The third kappa shape index (κ3) is 6.42. The van der Waals surface area contributed by atoms with Crippen LogP contribution in [0.15, 0.2) is 30.7 Å². The second kappa shape index (κ2) is 9.74. The maximum atomic E-state index is 13.2. The van der Waals surface area contributed by atoms with Crippen molar-refractivity contribution in [3.05, 3.63) is 41.8 Å². The molecule has 0 atom stereocenters.